The van der Waals surface area contributed by atoms with Crippen LogP contribution in [0, 0.1) is 23.7 Å². The van der Waals surface area contributed by atoms with Crippen LogP contribution in [0.25, 0.3) is 0 Å². The van der Waals surface area contributed by atoms with Crippen LogP contribution in [0.1, 0.15) is 54.4 Å². The predicted octanol–water partition coefficient (Wildman–Crippen LogP) is 2.12. The molecule has 5 heteroatoms. The lowest BCUT2D eigenvalue weighted by Crippen LogP contribution is -2.44. The van der Waals surface area contributed by atoms with Gasteiger partial charge >= 0.3 is 7.55 Å². The van der Waals surface area contributed by atoms with Crippen LogP contribution in [0.5, 0.6) is 0 Å². The van der Waals surface area contributed by atoms with Crippen LogP contribution in [0.3, 0.4) is 0 Å². The van der Waals surface area contributed by atoms with Crippen molar-refractivity contribution in [3.63, 3.8) is 0 Å². The summed E-state index contributed by atoms with van der Waals surface area (Å²) in [6, 6.07) is 0. The van der Waals surface area contributed by atoms with Gasteiger partial charge in [-0.1, -0.05) is 41.5 Å². The first-order chi connectivity index (χ1) is 8.73. The lowest BCUT2D eigenvalue weighted by atomic mass is 9.95. The van der Waals surface area contributed by atoms with E-state index in [0.29, 0.717) is 11.8 Å². The van der Waals surface area contributed by atoms with Gasteiger partial charge in [-0.2, -0.15) is 0 Å². The maximum atomic E-state index is 11.7. The van der Waals surface area contributed by atoms with E-state index in [4.69, 9.17) is 0 Å². The van der Waals surface area contributed by atoms with Crippen LogP contribution in [0.2, 0.25) is 0 Å². The van der Waals surface area contributed by atoms with Gasteiger partial charge in [-0.05, 0) is 24.7 Å². The Bertz CT molecular complexity index is 265. The summed E-state index contributed by atoms with van der Waals surface area (Å²) in [5, 5.41) is 5.26. The van der Waals surface area contributed by atoms with Crippen molar-refractivity contribution in [3.8, 4) is 0 Å². The number of hydrogen-bond acceptors (Lipinski definition) is 2. The smallest absolute Gasteiger partial charge is 0.382 e. The summed E-state index contributed by atoms with van der Waals surface area (Å²) in [6.07, 6.45) is 1.69. The number of amides is 2. The first kappa shape index (κ1) is 18.0. The Morgan fingerprint density at radius 1 is 0.789 bits per heavy atom. The molecule has 1 radical (unpaired) electrons. The van der Waals surface area contributed by atoms with Gasteiger partial charge in [-0.25, -0.2) is 0 Å². The van der Waals surface area contributed by atoms with Gasteiger partial charge in [0.05, 0.1) is 0 Å². The molecule has 109 valence electrons. The Morgan fingerprint density at radius 3 is 1.37 bits per heavy atom. The number of hydrogen-bond donors (Lipinski definition) is 2. The topological polar surface area (TPSA) is 58.2 Å². The zero-order valence-electron chi connectivity index (χ0n) is 13.1. The van der Waals surface area contributed by atoms with Crippen molar-refractivity contribution in [1.82, 2.24) is 10.5 Å². The fraction of sp³-hybridized carbons (Fsp3) is 0.857. The van der Waals surface area contributed by atoms with Crippen molar-refractivity contribution < 1.29 is 9.59 Å². The number of nitrogens with one attached hydrogen (secondary N) is 2. The summed E-state index contributed by atoms with van der Waals surface area (Å²) in [4.78, 5) is 23.4. The van der Waals surface area contributed by atoms with E-state index in [1.165, 1.54) is 7.55 Å². The van der Waals surface area contributed by atoms with E-state index >= 15 is 0 Å². The molecule has 2 N–H and O–H groups in total. The molecule has 0 aromatic carbocycles. The average molecular weight is 267 g/mol. The molecule has 0 saturated heterocycles. The second-order valence-corrected chi connectivity index (χ2v) is 6.22. The molecule has 19 heavy (non-hydrogen) atoms. The largest absolute Gasteiger partial charge is 0.390 e. The average Bonchev–Trinajstić information content (AvgIpc) is 2.26. The van der Waals surface area contributed by atoms with Crippen LogP contribution >= 0.6 is 0 Å². The van der Waals surface area contributed by atoms with Gasteiger partial charge in [0.15, 0.2) is 0 Å². The summed E-state index contributed by atoms with van der Waals surface area (Å²) in [5.74, 6) is 0.793. The Balaban J connectivity index is 3.90. The molecule has 0 aromatic rings. The summed E-state index contributed by atoms with van der Waals surface area (Å²) in [6.45, 7) is 12.1. The molecule has 0 aromatic heterocycles. The van der Waals surface area contributed by atoms with E-state index in [9.17, 15) is 9.59 Å². The minimum Gasteiger partial charge on any atom is -0.382 e. The van der Waals surface area contributed by atoms with Crippen LogP contribution in [0.4, 0.5) is 0 Å². The van der Waals surface area contributed by atoms with Crippen molar-refractivity contribution >= 4 is 19.4 Å². The Hall–Kier alpha value is -0.995. The zero-order chi connectivity index (χ0) is 15.0. The van der Waals surface area contributed by atoms with E-state index in [1.54, 1.807) is 0 Å². The molecule has 0 heterocycles. The van der Waals surface area contributed by atoms with E-state index in [0.717, 1.165) is 12.8 Å². The monoisotopic (exact) mass is 267 g/mol. The predicted molar refractivity (Wildman–Crippen MR) is 79.3 cm³/mol. The quantitative estimate of drug-likeness (QED) is 0.662. The second-order valence-electron chi connectivity index (χ2n) is 6.22. The molecule has 2 unspecified atom stereocenters. The Morgan fingerprint density at radius 2 is 1.11 bits per heavy atom. The van der Waals surface area contributed by atoms with Gasteiger partial charge in [0, 0.05) is 11.8 Å². The van der Waals surface area contributed by atoms with Crippen molar-refractivity contribution in [2.24, 2.45) is 23.7 Å². The molecule has 0 rings (SSSR count). The van der Waals surface area contributed by atoms with E-state index in [2.05, 4.69) is 38.2 Å². The van der Waals surface area contributed by atoms with Crippen LogP contribution in [-0.4, -0.2) is 19.4 Å². The molecule has 0 spiro atoms. The maximum absolute atomic E-state index is 11.7. The van der Waals surface area contributed by atoms with Gasteiger partial charge in [0.25, 0.3) is 0 Å². The Kier molecular flexibility index (Phi) is 8.52. The van der Waals surface area contributed by atoms with Gasteiger partial charge < -0.3 is 10.5 Å². The van der Waals surface area contributed by atoms with Crippen molar-refractivity contribution in [3.05, 3.63) is 0 Å². The Labute approximate surface area is 118 Å². The zero-order valence-corrected chi connectivity index (χ0v) is 13.1. The van der Waals surface area contributed by atoms with Crippen LogP contribution in [0.15, 0.2) is 0 Å². The SMILES string of the molecule is CC(C)CC(C)C(=O)N[B]NC(=O)C(C)CC(C)C. The molecule has 0 aliphatic heterocycles. The van der Waals surface area contributed by atoms with Crippen LogP contribution < -0.4 is 10.5 Å². The van der Waals surface area contributed by atoms with Gasteiger partial charge in [-0.15, -0.1) is 0 Å². The standard InChI is InChI=1S/C14H28BN2O2/c1-9(2)7-11(5)13(18)16-15-17-14(19)12(6)8-10(3)4/h9-12H,7-8H2,1-6H3,(H,16,18)(H,17,19). The summed E-state index contributed by atoms with van der Waals surface area (Å²) < 4.78 is 0. The molecule has 0 aliphatic rings. The minimum atomic E-state index is -0.0505. The first-order valence-electron chi connectivity index (χ1n) is 7.16. The number of carbonyl (C=O) groups is 2. The van der Waals surface area contributed by atoms with Gasteiger partial charge in [-0.3, -0.25) is 9.59 Å². The lowest BCUT2D eigenvalue weighted by molar-refractivity contribution is -0.123. The summed E-state index contributed by atoms with van der Waals surface area (Å²) in [7, 11) is 1.36. The molecule has 2 atom stereocenters. The third kappa shape index (κ3) is 8.68. The molecule has 0 saturated carbocycles. The highest BCUT2D eigenvalue weighted by Gasteiger charge is 2.17. The molecule has 0 fully saturated rings. The van der Waals surface area contributed by atoms with E-state index < -0.39 is 0 Å². The van der Waals surface area contributed by atoms with E-state index in [1.807, 2.05) is 13.8 Å². The molecule has 0 aliphatic carbocycles. The van der Waals surface area contributed by atoms with Crippen molar-refractivity contribution in [2.45, 2.75) is 54.4 Å². The van der Waals surface area contributed by atoms with Crippen molar-refractivity contribution in [2.75, 3.05) is 0 Å². The highest BCUT2D eigenvalue weighted by atomic mass is 16.2. The molecule has 2 amide bonds. The highest BCUT2D eigenvalue weighted by molar-refractivity contribution is 6.38. The summed E-state index contributed by atoms with van der Waals surface area (Å²) >= 11 is 0. The molecular weight excluding hydrogens is 239 g/mol. The maximum Gasteiger partial charge on any atom is 0.390 e. The third-order valence-electron chi connectivity index (χ3n) is 2.97. The highest BCUT2D eigenvalue weighted by Crippen LogP contribution is 2.11. The van der Waals surface area contributed by atoms with Crippen molar-refractivity contribution in [1.29, 1.82) is 0 Å². The summed E-state index contributed by atoms with van der Waals surface area (Å²) in [5.41, 5.74) is 0. The minimum absolute atomic E-state index is 0.0405. The lowest BCUT2D eigenvalue weighted by Gasteiger charge is -2.16. The number of rotatable bonds is 8. The second kappa shape index (κ2) is 9.00. The van der Waals surface area contributed by atoms with E-state index in [-0.39, 0.29) is 23.7 Å². The van der Waals surface area contributed by atoms with Crippen LogP contribution in [-0.2, 0) is 9.59 Å². The number of carbonyl (C=O) groups excluding carboxylic acids is 2. The molecule has 4 nitrogen and oxygen atoms in total. The fourth-order valence-electron chi connectivity index (χ4n) is 2.09. The molecular formula is C14H28BN2O2. The van der Waals surface area contributed by atoms with Gasteiger partial charge in [0.2, 0.25) is 11.8 Å². The molecule has 0 bridgehead atoms. The fourth-order valence-corrected chi connectivity index (χ4v) is 2.09. The first-order valence-corrected chi connectivity index (χ1v) is 7.16. The normalized spacial score (nSPS) is 14.1. The third-order valence-corrected chi connectivity index (χ3v) is 2.97. The van der Waals surface area contributed by atoms with Gasteiger partial charge in [0.1, 0.15) is 0 Å².